The number of rotatable bonds is 9. The lowest BCUT2D eigenvalue weighted by atomic mass is 9.96. The largest absolute Gasteiger partial charge is 0.489 e. The summed E-state index contributed by atoms with van der Waals surface area (Å²) in [6.07, 6.45) is 12.5. The monoisotopic (exact) mass is 653 g/mol. The zero-order valence-electron chi connectivity index (χ0n) is 25.4. The SMILES string of the molecule is CN1CCC(Oc2ccc(C3=CNC(N)(c4ccnc(-c5cnn(S(=O)(=O)C6CC6)c5)n4)C=C3NC3CCC(F)(F)C3)nc2)CC1. The second-order valence-electron chi connectivity index (χ2n) is 12.7. The van der Waals surface area contributed by atoms with Crippen molar-refractivity contribution >= 4 is 15.6 Å². The molecular formula is C31H37F2N9O3S. The molecule has 4 N–H and O–H groups in total. The molecule has 2 atom stereocenters. The zero-order valence-corrected chi connectivity index (χ0v) is 26.3. The summed E-state index contributed by atoms with van der Waals surface area (Å²) in [5.41, 5.74) is 8.14. The van der Waals surface area contributed by atoms with Crippen LogP contribution in [0.25, 0.3) is 17.0 Å². The van der Waals surface area contributed by atoms with Gasteiger partial charge in [0.15, 0.2) is 11.5 Å². The summed E-state index contributed by atoms with van der Waals surface area (Å²) < 4.78 is 60.8. The molecule has 7 rings (SSSR count). The van der Waals surface area contributed by atoms with Crippen LogP contribution < -0.4 is 21.1 Å². The third-order valence-electron chi connectivity index (χ3n) is 8.97. The molecule has 0 amide bonds. The Morgan fingerprint density at radius 1 is 1.09 bits per heavy atom. The predicted octanol–water partition coefficient (Wildman–Crippen LogP) is 2.97. The fourth-order valence-corrected chi connectivity index (χ4v) is 7.58. The van der Waals surface area contributed by atoms with Gasteiger partial charge in [0.2, 0.25) is 5.92 Å². The number of nitrogens with zero attached hydrogens (tertiary/aromatic N) is 6. The molecule has 2 saturated carbocycles. The summed E-state index contributed by atoms with van der Waals surface area (Å²) in [5, 5.41) is 10.1. The van der Waals surface area contributed by atoms with Crippen LogP contribution in [0.3, 0.4) is 0 Å². The number of hydrogen-bond acceptors (Lipinski definition) is 11. The zero-order chi connectivity index (χ0) is 32.1. The Morgan fingerprint density at radius 3 is 2.59 bits per heavy atom. The van der Waals surface area contributed by atoms with Gasteiger partial charge in [-0.15, -0.1) is 0 Å². The number of allylic oxidation sites excluding steroid dienone is 1. The van der Waals surface area contributed by atoms with Gasteiger partial charge in [-0.05, 0) is 63.4 Å². The molecule has 2 unspecified atom stereocenters. The van der Waals surface area contributed by atoms with Crippen LogP contribution in [-0.4, -0.2) is 80.9 Å². The molecule has 3 fully saturated rings. The molecule has 2 aliphatic carbocycles. The molecule has 3 aromatic rings. The molecule has 0 radical (unpaired) electrons. The van der Waals surface area contributed by atoms with Crippen LogP contribution >= 0.6 is 0 Å². The van der Waals surface area contributed by atoms with Crippen molar-refractivity contribution in [3.8, 4) is 17.1 Å². The number of nitrogens with two attached hydrogens (primary N) is 1. The molecule has 3 aromatic heterocycles. The van der Waals surface area contributed by atoms with Crippen LogP contribution in [0.1, 0.15) is 56.3 Å². The van der Waals surface area contributed by atoms with E-state index >= 15 is 0 Å². The maximum atomic E-state index is 14.2. The van der Waals surface area contributed by atoms with Gasteiger partial charge < -0.3 is 26.0 Å². The Labute approximate surface area is 266 Å². The van der Waals surface area contributed by atoms with Crippen molar-refractivity contribution < 1.29 is 21.9 Å². The van der Waals surface area contributed by atoms with Crippen LogP contribution in [0.2, 0.25) is 0 Å². The number of nitrogens with one attached hydrogen (secondary N) is 2. The number of aromatic nitrogens is 5. The Hall–Kier alpha value is -3.95. The van der Waals surface area contributed by atoms with Crippen LogP contribution in [0.4, 0.5) is 8.78 Å². The topological polar surface area (TPSA) is 153 Å². The summed E-state index contributed by atoms with van der Waals surface area (Å²) in [6, 6.07) is 4.90. The van der Waals surface area contributed by atoms with Crippen molar-refractivity contribution in [2.75, 3.05) is 20.1 Å². The molecule has 12 nitrogen and oxygen atoms in total. The first kappa shape index (κ1) is 30.7. The van der Waals surface area contributed by atoms with E-state index in [1.54, 1.807) is 24.5 Å². The van der Waals surface area contributed by atoms with Crippen LogP contribution in [0.5, 0.6) is 5.75 Å². The summed E-state index contributed by atoms with van der Waals surface area (Å²) in [5.74, 6) is -1.82. The Morgan fingerprint density at radius 2 is 1.89 bits per heavy atom. The lowest BCUT2D eigenvalue weighted by molar-refractivity contribution is 0.00725. The van der Waals surface area contributed by atoms with E-state index in [9.17, 15) is 17.2 Å². The Kier molecular flexibility index (Phi) is 7.80. The standard InChI is InChI=1S/C31H37F2N9O3S/c1-41-12-8-22(9-13-41)45-23-2-5-26(36-17-23)25-18-37-31(34,15-27(25)39-21-6-10-30(32,33)14-21)28-7-11-35-29(40-28)20-16-38-42(19-20)46(43,44)24-3-4-24/h2,5,7,11,15-19,21-22,24,37,39H,3-4,6,8-10,12-14,34H2,1H3. The first-order chi connectivity index (χ1) is 22.0. The van der Waals surface area contributed by atoms with E-state index in [-0.39, 0.29) is 24.8 Å². The van der Waals surface area contributed by atoms with Crippen molar-refractivity contribution in [3.63, 3.8) is 0 Å². The first-order valence-corrected chi connectivity index (χ1v) is 17.1. The minimum absolute atomic E-state index is 0.133. The van der Waals surface area contributed by atoms with Gasteiger partial charge in [0, 0.05) is 55.6 Å². The third kappa shape index (κ3) is 6.35. The van der Waals surface area contributed by atoms with E-state index in [1.807, 2.05) is 12.1 Å². The summed E-state index contributed by atoms with van der Waals surface area (Å²) in [7, 11) is -1.45. The highest BCUT2D eigenvalue weighted by molar-refractivity contribution is 7.90. The average Bonchev–Trinajstić information content (AvgIpc) is 3.69. The van der Waals surface area contributed by atoms with Crippen molar-refractivity contribution in [2.45, 2.75) is 73.9 Å². The van der Waals surface area contributed by atoms with Gasteiger partial charge in [-0.3, -0.25) is 4.98 Å². The van der Waals surface area contributed by atoms with Gasteiger partial charge in [0.05, 0.1) is 40.8 Å². The summed E-state index contributed by atoms with van der Waals surface area (Å²) in [4.78, 5) is 15.9. The minimum Gasteiger partial charge on any atom is -0.489 e. The van der Waals surface area contributed by atoms with Crippen molar-refractivity contribution in [3.05, 3.63) is 72.3 Å². The van der Waals surface area contributed by atoms with Crippen molar-refractivity contribution in [1.82, 2.24) is 39.7 Å². The van der Waals surface area contributed by atoms with Crippen LogP contribution in [-0.2, 0) is 15.7 Å². The van der Waals surface area contributed by atoms with E-state index < -0.39 is 32.9 Å². The average molecular weight is 654 g/mol. The van der Waals surface area contributed by atoms with Gasteiger partial charge in [-0.2, -0.15) is 9.19 Å². The van der Waals surface area contributed by atoms with Crippen molar-refractivity contribution in [2.24, 2.45) is 5.73 Å². The van der Waals surface area contributed by atoms with Gasteiger partial charge in [-0.25, -0.2) is 27.2 Å². The molecule has 0 spiro atoms. The van der Waals surface area contributed by atoms with E-state index in [1.165, 1.54) is 18.6 Å². The lowest BCUT2D eigenvalue weighted by Gasteiger charge is -2.33. The number of hydrogen-bond donors (Lipinski definition) is 3. The third-order valence-corrected chi connectivity index (χ3v) is 11.0. The fourth-order valence-electron chi connectivity index (χ4n) is 6.10. The summed E-state index contributed by atoms with van der Waals surface area (Å²) >= 11 is 0. The maximum Gasteiger partial charge on any atom is 0.256 e. The van der Waals surface area contributed by atoms with E-state index in [0.29, 0.717) is 53.2 Å². The predicted molar refractivity (Wildman–Crippen MR) is 167 cm³/mol. The molecule has 1 saturated heterocycles. The van der Waals surface area contributed by atoms with Gasteiger partial charge >= 0.3 is 0 Å². The van der Waals surface area contributed by atoms with Gasteiger partial charge in [0.25, 0.3) is 10.0 Å². The number of halogens is 2. The second kappa shape index (κ2) is 11.7. The van der Waals surface area contributed by atoms with Crippen LogP contribution in [0, 0.1) is 0 Å². The lowest BCUT2D eigenvalue weighted by Crippen LogP contribution is -2.50. The van der Waals surface area contributed by atoms with E-state index in [2.05, 4.69) is 42.6 Å². The van der Waals surface area contributed by atoms with E-state index in [4.69, 9.17) is 10.5 Å². The number of likely N-dealkylation sites (tertiary alicyclic amines) is 1. The Bertz CT molecular complexity index is 1770. The number of pyridine rings is 1. The molecular weight excluding hydrogens is 616 g/mol. The number of dihydropyridines is 1. The molecule has 0 bridgehead atoms. The van der Waals surface area contributed by atoms with Crippen LogP contribution in [0.15, 0.2) is 61.0 Å². The smallest absolute Gasteiger partial charge is 0.256 e. The number of piperidine rings is 1. The van der Waals surface area contributed by atoms with Gasteiger partial charge in [0.1, 0.15) is 11.9 Å². The molecule has 5 heterocycles. The van der Waals surface area contributed by atoms with Crippen molar-refractivity contribution in [1.29, 1.82) is 0 Å². The minimum atomic E-state index is -3.55. The molecule has 46 heavy (non-hydrogen) atoms. The molecule has 15 heteroatoms. The maximum absolute atomic E-state index is 14.2. The fraction of sp³-hybridized carbons (Fsp3) is 0.484. The molecule has 244 valence electrons. The molecule has 4 aliphatic rings. The highest BCUT2D eigenvalue weighted by atomic mass is 32.2. The van der Waals surface area contributed by atoms with E-state index in [0.717, 1.165) is 30.0 Å². The Balaban J connectivity index is 1.15. The highest BCUT2D eigenvalue weighted by Crippen LogP contribution is 2.37. The summed E-state index contributed by atoms with van der Waals surface area (Å²) in [6.45, 7) is 1.96. The quantitative estimate of drug-likeness (QED) is 0.313. The van der Waals surface area contributed by atoms with Gasteiger partial charge in [-0.1, -0.05) is 0 Å². The highest BCUT2D eigenvalue weighted by Gasteiger charge is 2.41. The number of alkyl halides is 2. The first-order valence-electron chi connectivity index (χ1n) is 15.6. The number of ether oxygens (including phenoxy) is 1. The second-order valence-corrected chi connectivity index (χ2v) is 14.8. The molecule has 2 aliphatic heterocycles. The molecule has 0 aromatic carbocycles. The normalized spacial score (nSPS) is 25.4.